The smallest absolute Gasteiger partial charge is 0.243 e. The predicted octanol–water partition coefficient (Wildman–Crippen LogP) is 2.91. The third-order valence-corrected chi connectivity index (χ3v) is 6.64. The third kappa shape index (κ3) is 5.32. The molecule has 1 aromatic carbocycles. The summed E-state index contributed by atoms with van der Waals surface area (Å²) in [6.45, 7) is 12.1. The number of nitrogens with zero attached hydrogens (tertiary/aromatic N) is 2. The Morgan fingerprint density at radius 2 is 1.81 bits per heavy atom. The van der Waals surface area contributed by atoms with E-state index in [1.165, 1.54) is 4.31 Å². The average Bonchev–Trinajstić information content (AvgIpc) is 2.66. The SMILES string of the molecule is C=C(C)CN(CC)C(=O)C1CCN(S(=O)(=O)c2ccc(OCC)cc2)CC1. The molecule has 1 aliphatic heterocycles. The quantitative estimate of drug-likeness (QED) is 0.636. The van der Waals surface area contributed by atoms with Gasteiger partial charge in [0.2, 0.25) is 15.9 Å². The summed E-state index contributed by atoms with van der Waals surface area (Å²) in [5.74, 6) is 0.618. The maximum Gasteiger partial charge on any atom is 0.243 e. The molecule has 0 aromatic heterocycles. The molecule has 0 unspecified atom stereocenters. The number of hydrogen-bond donors (Lipinski definition) is 0. The number of sulfonamides is 1. The number of amides is 1. The number of piperidine rings is 1. The van der Waals surface area contributed by atoms with E-state index in [0.29, 0.717) is 51.4 Å². The molecule has 1 fully saturated rings. The van der Waals surface area contributed by atoms with Crippen molar-refractivity contribution in [3.63, 3.8) is 0 Å². The van der Waals surface area contributed by atoms with Crippen molar-refractivity contribution in [2.24, 2.45) is 5.92 Å². The van der Waals surface area contributed by atoms with Crippen molar-refractivity contribution in [2.75, 3.05) is 32.8 Å². The molecule has 0 N–H and O–H groups in total. The highest BCUT2D eigenvalue weighted by Crippen LogP contribution is 2.26. The molecule has 1 heterocycles. The van der Waals surface area contributed by atoms with Crippen LogP contribution in [0, 0.1) is 5.92 Å². The number of ether oxygens (including phenoxy) is 1. The van der Waals surface area contributed by atoms with Gasteiger partial charge in [-0.05, 0) is 57.9 Å². The highest BCUT2D eigenvalue weighted by atomic mass is 32.2. The van der Waals surface area contributed by atoms with Crippen molar-refractivity contribution in [1.29, 1.82) is 0 Å². The van der Waals surface area contributed by atoms with Crippen molar-refractivity contribution in [3.8, 4) is 5.75 Å². The minimum absolute atomic E-state index is 0.0959. The summed E-state index contributed by atoms with van der Waals surface area (Å²) in [6.07, 6.45) is 1.09. The highest BCUT2D eigenvalue weighted by molar-refractivity contribution is 7.89. The van der Waals surface area contributed by atoms with Crippen LogP contribution in [0.2, 0.25) is 0 Å². The largest absolute Gasteiger partial charge is 0.494 e. The molecule has 0 radical (unpaired) electrons. The van der Waals surface area contributed by atoms with E-state index in [4.69, 9.17) is 4.74 Å². The Hall–Kier alpha value is -1.86. The second-order valence-corrected chi connectivity index (χ2v) is 8.83. The van der Waals surface area contributed by atoms with Crippen molar-refractivity contribution < 1.29 is 17.9 Å². The van der Waals surface area contributed by atoms with Crippen molar-refractivity contribution in [1.82, 2.24) is 9.21 Å². The molecule has 27 heavy (non-hydrogen) atoms. The molecule has 2 rings (SSSR count). The van der Waals surface area contributed by atoms with Crippen LogP contribution in [0.5, 0.6) is 5.75 Å². The lowest BCUT2D eigenvalue weighted by molar-refractivity contribution is -0.136. The van der Waals surface area contributed by atoms with Crippen molar-refractivity contribution in [2.45, 2.75) is 38.5 Å². The lowest BCUT2D eigenvalue weighted by Gasteiger charge is -2.33. The number of hydrogen-bond acceptors (Lipinski definition) is 4. The lowest BCUT2D eigenvalue weighted by atomic mass is 9.96. The fraction of sp³-hybridized carbons (Fsp3) is 0.550. The van der Waals surface area contributed by atoms with E-state index >= 15 is 0 Å². The molecule has 0 bridgehead atoms. The summed E-state index contributed by atoms with van der Waals surface area (Å²) in [5, 5.41) is 0. The number of carbonyl (C=O) groups is 1. The van der Waals surface area contributed by atoms with Gasteiger partial charge >= 0.3 is 0 Å². The zero-order valence-corrected chi connectivity index (χ0v) is 17.3. The van der Waals surface area contributed by atoms with E-state index in [2.05, 4.69) is 6.58 Å². The first-order valence-electron chi connectivity index (χ1n) is 9.45. The van der Waals surface area contributed by atoms with Crippen LogP contribution in [0.15, 0.2) is 41.3 Å². The molecular weight excluding hydrogens is 364 g/mol. The van der Waals surface area contributed by atoms with Crippen LogP contribution >= 0.6 is 0 Å². The second-order valence-electron chi connectivity index (χ2n) is 6.89. The minimum atomic E-state index is -3.55. The van der Waals surface area contributed by atoms with Gasteiger partial charge < -0.3 is 9.64 Å². The maximum atomic E-state index is 12.8. The third-order valence-electron chi connectivity index (χ3n) is 4.73. The normalized spacial score (nSPS) is 16.1. The second kappa shape index (κ2) is 9.37. The Bertz CT molecular complexity index is 751. The molecule has 1 saturated heterocycles. The molecule has 1 aliphatic rings. The van der Waals surface area contributed by atoms with E-state index in [1.807, 2.05) is 20.8 Å². The van der Waals surface area contributed by atoms with Gasteiger partial charge in [0.1, 0.15) is 5.75 Å². The first-order chi connectivity index (χ1) is 12.8. The summed E-state index contributed by atoms with van der Waals surface area (Å²) in [4.78, 5) is 14.7. The summed E-state index contributed by atoms with van der Waals surface area (Å²) < 4.78 is 32.5. The van der Waals surface area contributed by atoms with E-state index < -0.39 is 10.0 Å². The summed E-state index contributed by atoms with van der Waals surface area (Å²) in [7, 11) is -3.55. The Kier molecular flexibility index (Phi) is 7.44. The van der Waals surface area contributed by atoms with Crippen LogP contribution in [-0.2, 0) is 14.8 Å². The zero-order chi connectivity index (χ0) is 20.0. The summed E-state index contributed by atoms with van der Waals surface area (Å²) in [5.41, 5.74) is 0.945. The Balaban J connectivity index is 2.01. The van der Waals surface area contributed by atoms with E-state index in [1.54, 1.807) is 29.2 Å². The molecule has 150 valence electrons. The van der Waals surface area contributed by atoms with E-state index in [-0.39, 0.29) is 16.7 Å². The first kappa shape index (κ1) is 21.4. The molecule has 7 heteroatoms. The van der Waals surface area contributed by atoms with Crippen LogP contribution in [0.1, 0.15) is 33.6 Å². The molecular formula is C20H30N2O4S. The minimum Gasteiger partial charge on any atom is -0.494 e. The molecule has 1 aromatic rings. The number of benzene rings is 1. The average molecular weight is 395 g/mol. The predicted molar refractivity (Wildman–Crippen MR) is 106 cm³/mol. The number of rotatable bonds is 8. The Morgan fingerprint density at radius 1 is 1.22 bits per heavy atom. The molecule has 6 nitrogen and oxygen atoms in total. The van der Waals surface area contributed by atoms with Crippen LogP contribution in [-0.4, -0.2) is 56.3 Å². The van der Waals surface area contributed by atoms with Crippen LogP contribution in [0.25, 0.3) is 0 Å². The monoisotopic (exact) mass is 394 g/mol. The van der Waals surface area contributed by atoms with Gasteiger partial charge in [-0.2, -0.15) is 4.31 Å². The van der Waals surface area contributed by atoms with Crippen LogP contribution in [0.4, 0.5) is 0 Å². The van der Waals surface area contributed by atoms with Crippen LogP contribution < -0.4 is 4.74 Å². The van der Waals surface area contributed by atoms with Gasteiger partial charge in [0, 0.05) is 32.1 Å². The summed E-state index contributed by atoms with van der Waals surface area (Å²) >= 11 is 0. The van der Waals surface area contributed by atoms with Gasteiger partial charge in [-0.1, -0.05) is 12.2 Å². The summed E-state index contributed by atoms with van der Waals surface area (Å²) in [6, 6.07) is 6.49. The maximum absolute atomic E-state index is 12.8. The zero-order valence-electron chi connectivity index (χ0n) is 16.5. The molecule has 0 saturated carbocycles. The van der Waals surface area contributed by atoms with Gasteiger partial charge in [-0.3, -0.25) is 4.79 Å². The molecule has 0 atom stereocenters. The molecule has 1 amide bonds. The van der Waals surface area contributed by atoms with Gasteiger partial charge in [0.05, 0.1) is 11.5 Å². The van der Waals surface area contributed by atoms with E-state index in [0.717, 1.165) is 5.57 Å². The van der Waals surface area contributed by atoms with Gasteiger partial charge in [0.15, 0.2) is 0 Å². The molecule has 0 aliphatic carbocycles. The molecule has 0 spiro atoms. The van der Waals surface area contributed by atoms with E-state index in [9.17, 15) is 13.2 Å². The highest BCUT2D eigenvalue weighted by Gasteiger charge is 2.33. The van der Waals surface area contributed by atoms with Crippen LogP contribution in [0.3, 0.4) is 0 Å². The fourth-order valence-corrected chi connectivity index (χ4v) is 4.77. The number of likely N-dealkylation sites (N-methyl/N-ethyl adjacent to an activating group) is 1. The fourth-order valence-electron chi connectivity index (χ4n) is 3.30. The van der Waals surface area contributed by atoms with Crippen molar-refractivity contribution in [3.05, 3.63) is 36.4 Å². The number of carbonyl (C=O) groups excluding carboxylic acids is 1. The first-order valence-corrected chi connectivity index (χ1v) is 10.9. The topological polar surface area (TPSA) is 66.9 Å². The van der Waals surface area contributed by atoms with Gasteiger partial charge in [0.25, 0.3) is 0 Å². The lowest BCUT2D eigenvalue weighted by Crippen LogP contribution is -2.44. The van der Waals surface area contributed by atoms with Gasteiger partial charge in [-0.15, -0.1) is 0 Å². The van der Waals surface area contributed by atoms with Crippen molar-refractivity contribution >= 4 is 15.9 Å². The Labute approximate surface area is 162 Å². The standard InChI is InChI=1S/C20H30N2O4S/c1-5-21(15-16(3)4)20(23)17-11-13-22(14-12-17)27(24,25)19-9-7-18(8-10-19)26-6-2/h7-10,17H,3,5-6,11-15H2,1-2,4H3. The Morgan fingerprint density at radius 3 is 2.30 bits per heavy atom. The van der Waals surface area contributed by atoms with Gasteiger partial charge in [-0.25, -0.2) is 8.42 Å².